The van der Waals surface area contributed by atoms with Gasteiger partial charge in [-0.1, -0.05) is 29.8 Å². The van der Waals surface area contributed by atoms with Crippen molar-refractivity contribution in [2.24, 2.45) is 0 Å². The number of phenols is 1. The molecule has 138 valence electrons. The summed E-state index contributed by atoms with van der Waals surface area (Å²) in [6, 6.07) is 19.0. The molecule has 0 bridgehead atoms. The predicted molar refractivity (Wildman–Crippen MR) is 104 cm³/mol. The van der Waals surface area contributed by atoms with Crippen LogP contribution in [0.2, 0.25) is 0 Å². The highest BCUT2D eigenvalue weighted by Crippen LogP contribution is 2.21. The third-order valence-corrected chi connectivity index (χ3v) is 5.27. The van der Waals surface area contributed by atoms with Crippen LogP contribution in [0.3, 0.4) is 0 Å². The van der Waals surface area contributed by atoms with Crippen LogP contribution in [0.1, 0.15) is 15.9 Å². The number of aryl methyl sites for hydroxylation is 1. The maximum Gasteiger partial charge on any atom is 0.261 e. The molecule has 0 saturated heterocycles. The number of hydrogen-bond donors (Lipinski definition) is 3. The fourth-order valence-corrected chi connectivity index (χ4v) is 3.48. The summed E-state index contributed by atoms with van der Waals surface area (Å²) >= 11 is 0. The van der Waals surface area contributed by atoms with E-state index in [1.165, 1.54) is 12.1 Å². The molecule has 3 aromatic carbocycles. The van der Waals surface area contributed by atoms with E-state index in [9.17, 15) is 18.3 Å². The second-order valence-electron chi connectivity index (χ2n) is 5.97. The summed E-state index contributed by atoms with van der Waals surface area (Å²) in [5, 5.41) is 12.4. The fraction of sp³-hybridized carbons (Fsp3) is 0.0500. The van der Waals surface area contributed by atoms with Crippen LogP contribution >= 0.6 is 0 Å². The first kappa shape index (κ1) is 18.5. The van der Waals surface area contributed by atoms with Crippen molar-refractivity contribution in [1.29, 1.82) is 0 Å². The first-order chi connectivity index (χ1) is 12.8. The van der Waals surface area contributed by atoms with Crippen LogP contribution in [-0.2, 0) is 10.0 Å². The first-order valence-electron chi connectivity index (χ1n) is 8.14. The Balaban J connectivity index is 1.71. The molecule has 27 heavy (non-hydrogen) atoms. The highest BCUT2D eigenvalue weighted by Gasteiger charge is 2.14. The largest absolute Gasteiger partial charge is 0.507 e. The van der Waals surface area contributed by atoms with Crippen LogP contribution in [0.4, 0.5) is 11.4 Å². The van der Waals surface area contributed by atoms with Crippen LogP contribution in [-0.4, -0.2) is 19.4 Å². The third kappa shape index (κ3) is 4.45. The Morgan fingerprint density at radius 1 is 0.852 bits per heavy atom. The molecule has 0 saturated carbocycles. The van der Waals surface area contributed by atoms with Gasteiger partial charge < -0.3 is 10.4 Å². The lowest BCUT2D eigenvalue weighted by atomic mass is 10.2. The van der Waals surface area contributed by atoms with Gasteiger partial charge in [0.25, 0.3) is 15.9 Å². The highest BCUT2D eigenvalue weighted by molar-refractivity contribution is 7.92. The summed E-state index contributed by atoms with van der Waals surface area (Å²) in [5.41, 5.74) is 1.97. The zero-order valence-electron chi connectivity index (χ0n) is 14.5. The van der Waals surface area contributed by atoms with Gasteiger partial charge >= 0.3 is 0 Å². The maximum absolute atomic E-state index is 12.4. The normalized spacial score (nSPS) is 11.0. The summed E-state index contributed by atoms with van der Waals surface area (Å²) in [4.78, 5) is 12.3. The average Bonchev–Trinajstić information content (AvgIpc) is 2.64. The molecule has 0 aliphatic heterocycles. The van der Waals surface area contributed by atoms with Crippen LogP contribution in [0.5, 0.6) is 5.75 Å². The molecule has 1 amide bonds. The van der Waals surface area contributed by atoms with Gasteiger partial charge in [-0.05, 0) is 55.5 Å². The number of rotatable bonds is 5. The van der Waals surface area contributed by atoms with Gasteiger partial charge in [0.15, 0.2) is 0 Å². The van der Waals surface area contributed by atoms with E-state index < -0.39 is 15.9 Å². The van der Waals surface area contributed by atoms with Gasteiger partial charge in [0.2, 0.25) is 0 Å². The minimum Gasteiger partial charge on any atom is -0.507 e. The van der Waals surface area contributed by atoms with E-state index >= 15 is 0 Å². The Hall–Kier alpha value is -3.32. The predicted octanol–water partition coefficient (Wildman–Crippen LogP) is 3.75. The lowest BCUT2D eigenvalue weighted by molar-refractivity contribution is 0.102. The summed E-state index contributed by atoms with van der Waals surface area (Å²) in [5.74, 6) is -0.571. The number of phenolic OH excluding ortho intramolecular Hbond substituents is 1. The van der Waals surface area contributed by atoms with Crippen LogP contribution < -0.4 is 10.0 Å². The molecule has 0 radical (unpaired) electrons. The fourth-order valence-electron chi connectivity index (χ4n) is 2.42. The zero-order valence-corrected chi connectivity index (χ0v) is 15.3. The third-order valence-electron chi connectivity index (χ3n) is 3.87. The van der Waals surface area contributed by atoms with Gasteiger partial charge in [0, 0.05) is 11.4 Å². The molecule has 3 N–H and O–H groups in total. The first-order valence-corrected chi connectivity index (χ1v) is 9.62. The zero-order chi connectivity index (χ0) is 19.4. The van der Waals surface area contributed by atoms with Crippen molar-refractivity contribution in [3.63, 3.8) is 0 Å². The highest BCUT2D eigenvalue weighted by atomic mass is 32.2. The number of sulfonamides is 1. The Morgan fingerprint density at radius 2 is 1.44 bits per heavy atom. The monoisotopic (exact) mass is 382 g/mol. The van der Waals surface area contributed by atoms with Crippen molar-refractivity contribution < 1.29 is 18.3 Å². The van der Waals surface area contributed by atoms with E-state index in [-0.39, 0.29) is 16.2 Å². The summed E-state index contributed by atoms with van der Waals surface area (Å²) in [6.07, 6.45) is 0. The second kappa shape index (κ2) is 7.51. The number of nitrogens with one attached hydrogen (secondary N) is 2. The van der Waals surface area contributed by atoms with Gasteiger partial charge in [0.05, 0.1) is 10.5 Å². The van der Waals surface area contributed by atoms with Gasteiger partial charge in [-0.3, -0.25) is 9.52 Å². The second-order valence-corrected chi connectivity index (χ2v) is 7.65. The number of carbonyl (C=O) groups excluding carboxylic acids is 1. The van der Waals surface area contributed by atoms with Crippen LogP contribution in [0, 0.1) is 6.92 Å². The number of hydrogen-bond acceptors (Lipinski definition) is 4. The molecule has 0 spiro atoms. The molecule has 0 fully saturated rings. The molecular weight excluding hydrogens is 364 g/mol. The van der Waals surface area contributed by atoms with E-state index in [1.807, 2.05) is 6.92 Å². The van der Waals surface area contributed by atoms with E-state index in [0.717, 1.165) is 5.56 Å². The van der Waals surface area contributed by atoms with E-state index in [0.29, 0.717) is 11.4 Å². The van der Waals surface area contributed by atoms with E-state index in [4.69, 9.17) is 0 Å². The molecule has 3 aromatic rings. The van der Waals surface area contributed by atoms with Crippen molar-refractivity contribution in [2.45, 2.75) is 11.8 Å². The molecule has 0 aromatic heterocycles. The van der Waals surface area contributed by atoms with Crippen molar-refractivity contribution in [1.82, 2.24) is 0 Å². The van der Waals surface area contributed by atoms with Crippen LogP contribution in [0.25, 0.3) is 0 Å². The van der Waals surface area contributed by atoms with Gasteiger partial charge in [-0.2, -0.15) is 0 Å². The van der Waals surface area contributed by atoms with Crippen molar-refractivity contribution >= 4 is 27.3 Å². The molecule has 0 aliphatic carbocycles. The Bertz CT molecular complexity index is 1060. The lowest BCUT2D eigenvalue weighted by Gasteiger charge is -2.10. The minimum absolute atomic E-state index is 0.113. The minimum atomic E-state index is -3.69. The van der Waals surface area contributed by atoms with Gasteiger partial charge in [-0.15, -0.1) is 0 Å². The average molecular weight is 382 g/mol. The molecule has 0 atom stereocenters. The molecular formula is C20H18N2O4S. The summed E-state index contributed by atoms with van der Waals surface area (Å²) in [6.45, 7) is 1.88. The quantitative estimate of drug-likeness (QED) is 0.626. The van der Waals surface area contributed by atoms with E-state index in [1.54, 1.807) is 60.7 Å². The Morgan fingerprint density at radius 3 is 2.07 bits per heavy atom. The van der Waals surface area contributed by atoms with Crippen molar-refractivity contribution in [3.05, 3.63) is 83.9 Å². The van der Waals surface area contributed by atoms with E-state index in [2.05, 4.69) is 10.0 Å². The molecule has 0 aliphatic rings. The molecule has 0 unspecified atom stereocenters. The standard InChI is InChI=1S/C20H18N2O4S/c1-14-6-12-17(13-7-14)27(25,26)22-16-10-8-15(9-11-16)21-20(24)18-4-2-3-5-19(18)23/h2-13,22-23H,1H3,(H,21,24). The van der Waals surface area contributed by atoms with Crippen LogP contribution in [0.15, 0.2) is 77.7 Å². The number of carbonyl (C=O) groups is 1. The number of para-hydroxylation sites is 1. The number of benzene rings is 3. The number of anilines is 2. The summed E-state index contributed by atoms with van der Waals surface area (Å²) < 4.78 is 27.3. The van der Waals surface area contributed by atoms with Gasteiger partial charge in [0.1, 0.15) is 5.75 Å². The topological polar surface area (TPSA) is 95.5 Å². The lowest BCUT2D eigenvalue weighted by Crippen LogP contribution is -2.14. The van der Waals surface area contributed by atoms with Crippen molar-refractivity contribution in [2.75, 3.05) is 10.0 Å². The number of aromatic hydroxyl groups is 1. The molecule has 3 rings (SSSR count). The Labute approximate surface area is 157 Å². The molecule has 7 heteroatoms. The van der Waals surface area contributed by atoms with Gasteiger partial charge in [-0.25, -0.2) is 8.42 Å². The number of amides is 1. The Kier molecular flexibility index (Phi) is 5.14. The van der Waals surface area contributed by atoms with Crippen molar-refractivity contribution in [3.8, 4) is 5.75 Å². The molecule has 6 nitrogen and oxygen atoms in total. The summed E-state index contributed by atoms with van der Waals surface area (Å²) in [7, 11) is -3.69. The smallest absolute Gasteiger partial charge is 0.261 e. The maximum atomic E-state index is 12.4. The SMILES string of the molecule is Cc1ccc(S(=O)(=O)Nc2ccc(NC(=O)c3ccccc3O)cc2)cc1. The molecule has 0 heterocycles.